The molecule has 3 heteroatoms. The molecule has 0 fully saturated rings. The molecule has 0 aliphatic carbocycles. The van der Waals surface area contributed by atoms with Gasteiger partial charge in [0.2, 0.25) is 0 Å². The normalized spacial score (nSPS) is 10.4. The molecule has 0 aliphatic rings. The molecule has 2 nitrogen and oxygen atoms in total. The third-order valence-electron chi connectivity index (χ3n) is 2.92. The highest BCUT2D eigenvalue weighted by atomic mass is 35.5. The van der Waals surface area contributed by atoms with Crippen molar-refractivity contribution in [2.45, 2.75) is 0 Å². The molecule has 0 radical (unpaired) electrons. The third kappa shape index (κ3) is 4.16. The van der Waals surface area contributed by atoms with E-state index in [-0.39, 0.29) is 0 Å². The summed E-state index contributed by atoms with van der Waals surface area (Å²) in [6, 6.07) is 12.3. The summed E-state index contributed by atoms with van der Waals surface area (Å²) in [6.45, 7) is 1.60. The zero-order valence-corrected chi connectivity index (χ0v) is 12.6. The number of fused-ring (bicyclic) bond motifs is 1. The summed E-state index contributed by atoms with van der Waals surface area (Å²) in [7, 11) is 4.07. The smallest absolute Gasteiger partial charge is 0.120 e. The van der Waals surface area contributed by atoms with Gasteiger partial charge in [-0.25, -0.2) is 0 Å². The lowest BCUT2D eigenvalue weighted by Gasteiger charge is -2.11. The Labute approximate surface area is 125 Å². The van der Waals surface area contributed by atoms with Gasteiger partial charge in [0.15, 0.2) is 0 Å². The van der Waals surface area contributed by atoms with Gasteiger partial charge in [0.1, 0.15) is 12.4 Å². The highest BCUT2D eigenvalue weighted by molar-refractivity contribution is 6.19. The lowest BCUT2D eigenvalue weighted by atomic mass is 10.1. The number of hydrogen-bond acceptors (Lipinski definition) is 2. The maximum atomic E-state index is 5.73. The number of nitrogens with zero attached hydrogens (tertiary/aromatic N) is 1. The Bertz CT molecular complexity index is 640. The van der Waals surface area contributed by atoms with E-state index in [1.807, 2.05) is 26.2 Å². The molecular weight excluding hydrogens is 270 g/mol. The van der Waals surface area contributed by atoms with Crippen molar-refractivity contribution >= 4 is 22.4 Å². The van der Waals surface area contributed by atoms with E-state index in [2.05, 4.69) is 41.0 Å². The Morgan fingerprint density at radius 1 is 1.10 bits per heavy atom. The lowest BCUT2D eigenvalue weighted by Crippen LogP contribution is -2.19. The van der Waals surface area contributed by atoms with E-state index in [9.17, 15) is 0 Å². The minimum absolute atomic E-state index is 0.358. The maximum absolute atomic E-state index is 5.73. The van der Waals surface area contributed by atoms with Crippen LogP contribution < -0.4 is 4.74 Å². The van der Waals surface area contributed by atoms with Crippen molar-refractivity contribution in [3.05, 3.63) is 42.0 Å². The van der Waals surface area contributed by atoms with Crippen molar-refractivity contribution in [1.29, 1.82) is 0 Å². The van der Waals surface area contributed by atoms with Gasteiger partial charge in [-0.3, -0.25) is 0 Å². The summed E-state index contributed by atoms with van der Waals surface area (Å²) >= 11 is 5.57. The quantitative estimate of drug-likeness (QED) is 0.631. The van der Waals surface area contributed by atoms with Gasteiger partial charge in [-0.05, 0) is 49.1 Å². The zero-order chi connectivity index (χ0) is 14.4. The van der Waals surface area contributed by atoms with Crippen LogP contribution in [0.2, 0.25) is 0 Å². The number of benzene rings is 2. The first-order valence-electron chi connectivity index (χ1n) is 6.55. The van der Waals surface area contributed by atoms with Crippen molar-refractivity contribution in [1.82, 2.24) is 4.90 Å². The van der Waals surface area contributed by atoms with Gasteiger partial charge < -0.3 is 9.64 Å². The highest BCUT2D eigenvalue weighted by Crippen LogP contribution is 2.21. The fraction of sp³-hybridized carbons (Fsp3) is 0.294. The molecule has 0 saturated heterocycles. The molecule has 0 spiro atoms. The predicted octanol–water partition coefficient (Wildman–Crippen LogP) is 3.37. The molecule has 0 aromatic heterocycles. The third-order valence-corrected chi connectivity index (χ3v) is 3.05. The van der Waals surface area contributed by atoms with Crippen LogP contribution in [-0.4, -0.2) is 38.0 Å². The standard InChI is InChI=1S/C17H18ClNO/c1-19(2)10-11-20-17-8-7-15-12-14(4-3-9-18)5-6-16(15)13-17/h5-8,12-13H,9-11H2,1-2H3. The van der Waals surface area contributed by atoms with E-state index in [0.717, 1.165) is 28.6 Å². The summed E-state index contributed by atoms with van der Waals surface area (Å²) < 4.78 is 5.73. The van der Waals surface area contributed by atoms with Gasteiger partial charge in [-0.2, -0.15) is 0 Å². The summed E-state index contributed by atoms with van der Waals surface area (Å²) in [5, 5.41) is 2.31. The van der Waals surface area contributed by atoms with Crippen LogP contribution in [-0.2, 0) is 0 Å². The lowest BCUT2D eigenvalue weighted by molar-refractivity contribution is 0.261. The molecule has 104 valence electrons. The molecular formula is C17H18ClNO. The number of halogens is 1. The van der Waals surface area contributed by atoms with Crippen molar-refractivity contribution in [3.63, 3.8) is 0 Å². The van der Waals surface area contributed by atoms with Gasteiger partial charge in [0.05, 0.1) is 5.88 Å². The molecule has 2 aromatic carbocycles. The van der Waals surface area contributed by atoms with Crippen molar-refractivity contribution < 1.29 is 4.74 Å². The molecule has 0 amide bonds. The second-order valence-electron chi connectivity index (χ2n) is 4.81. The minimum Gasteiger partial charge on any atom is -0.492 e. The summed E-state index contributed by atoms with van der Waals surface area (Å²) in [4.78, 5) is 2.10. The van der Waals surface area contributed by atoms with Crippen LogP contribution in [0.15, 0.2) is 36.4 Å². The van der Waals surface area contributed by atoms with E-state index < -0.39 is 0 Å². The average molecular weight is 288 g/mol. The van der Waals surface area contributed by atoms with Crippen LogP contribution in [0.4, 0.5) is 0 Å². The summed E-state index contributed by atoms with van der Waals surface area (Å²) in [5.74, 6) is 7.15. The van der Waals surface area contributed by atoms with E-state index in [4.69, 9.17) is 16.3 Å². The second-order valence-corrected chi connectivity index (χ2v) is 5.08. The van der Waals surface area contributed by atoms with Crippen LogP contribution >= 0.6 is 11.6 Å². The molecule has 2 rings (SSSR count). The molecule has 0 aliphatic heterocycles. The van der Waals surface area contributed by atoms with Gasteiger partial charge in [-0.15, -0.1) is 11.6 Å². The first-order valence-corrected chi connectivity index (χ1v) is 7.08. The zero-order valence-electron chi connectivity index (χ0n) is 11.8. The summed E-state index contributed by atoms with van der Waals surface area (Å²) in [6.07, 6.45) is 0. The Balaban J connectivity index is 2.14. The fourth-order valence-corrected chi connectivity index (χ4v) is 1.94. The molecule has 0 unspecified atom stereocenters. The topological polar surface area (TPSA) is 12.5 Å². The number of alkyl halides is 1. The van der Waals surface area contributed by atoms with Gasteiger partial charge >= 0.3 is 0 Å². The SMILES string of the molecule is CN(C)CCOc1ccc2cc(C#CCCl)ccc2c1. The first-order chi connectivity index (χ1) is 9.69. The average Bonchev–Trinajstić information content (AvgIpc) is 2.44. The minimum atomic E-state index is 0.358. The van der Waals surface area contributed by atoms with E-state index in [1.165, 1.54) is 0 Å². The van der Waals surface area contributed by atoms with Gasteiger partial charge in [-0.1, -0.05) is 24.0 Å². The number of ether oxygens (including phenoxy) is 1. The van der Waals surface area contributed by atoms with E-state index >= 15 is 0 Å². The Kier molecular flexibility index (Phi) is 5.29. The Morgan fingerprint density at radius 2 is 1.85 bits per heavy atom. The van der Waals surface area contributed by atoms with Crippen LogP contribution in [0.3, 0.4) is 0 Å². The predicted molar refractivity (Wildman–Crippen MR) is 85.6 cm³/mol. The molecule has 0 N–H and O–H groups in total. The van der Waals surface area contributed by atoms with Crippen molar-refractivity contribution in [2.24, 2.45) is 0 Å². The largest absolute Gasteiger partial charge is 0.492 e. The molecule has 20 heavy (non-hydrogen) atoms. The monoisotopic (exact) mass is 287 g/mol. The van der Waals surface area contributed by atoms with E-state index in [0.29, 0.717) is 12.5 Å². The number of rotatable bonds is 4. The van der Waals surface area contributed by atoms with Crippen LogP contribution in [0.5, 0.6) is 5.75 Å². The van der Waals surface area contributed by atoms with Gasteiger partial charge in [0.25, 0.3) is 0 Å². The summed E-state index contributed by atoms with van der Waals surface area (Å²) in [5.41, 5.74) is 0.986. The maximum Gasteiger partial charge on any atom is 0.120 e. The van der Waals surface area contributed by atoms with Gasteiger partial charge in [0, 0.05) is 12.1 Å². The second kappa shape index (κ2) is 7.19. The van der Waals surface area contributed by atoms with Crippen LogP contribution in [0.25, 0.3) is 10.8 Å². The molecule has 0 saturated carbocycles. The molecule has 0 bridgehead atoms. The van der Waals surface area contributed by atoms with Crippen molar-refractivity contribution in [2.75, 3.05) is 33.1 Å². The molecule has 0 atom stereocenters. The fourth-order valence-electron chi connectivity index (χ4n) is 1.87. The van der Waals surface area contributed by atoms with E-state index in [1.54, 1.807) is 0 Å². The van der Waals surface area contributed by atoms with Crippen LogP contribution in [0, 0.1) is 11.8 Å². The molecule has 0 heterocycles. The van der Waals surface area contributed by atoms with Crippen molar-refractivity contribution in [3.8, 4) is 17.6 Å². The first kappa shape index (κ1) is 14.7. The number of likely N-dealkylation sites (N-methyl/N-ethyl adjacent to an activating group) is 1. The number of hydrogen-bond donors (Lipinski definition) is 0. The highest BCUT2D eigenvalue weighted by Gasteiger charge is 1.99. The molecule has 2 aromatic rings. The Morgan fingerprint density at radius 3 is 2.60 bits per heavy atom. The van der Waals surface area contributed by atoms with Crippen LogP contribution in [0.1, 0.15) is 5.56 Å². The Hall–Kier alpha value is -1.69.